The topological polar surface area (TPSA) is 45.2 Å². The molecule has 2 unspecified atom stereocenters. The monoisotopic (exact) mass is 287 g/mol. The minimum Gasteiger partial charge on any atom is -0.336 e. The lowest BCUT2D eigenvalue weighted by molar-refractivity contribution is 0.0753. The van der Waals surface area contributed by atoms with E-state index in [4.69, 9.17) is 0 Å². The van der Waals surface area contributed by atoms with E-state index in [1.165, 1.54) is 24.2 Å². The number of aryl methyl sites for hydroxylation is 1. The SMILES string of the molecule is Cc1ncc(C(=O)N2CCC3CCC(C2)N3)s1.Cl. The molecule has 4 nitrogen and oxygen atoms in total. The normalized spacial score (nSPS) is 26.6. The number of thiazole rings is 1. The Labute approximate surface area is 117 Å². The Balaban J connectivity index is 0.00000120. The van der Waals surface area contributed by atoms with E-state index in [1.807, 2.05) is 11.8 Å². The lowest BCUT2D eigenvalue weighted by Gasteiger charge is -2.23. The Morgan fingerprint density at radius 2 is 2.22 bits per heavy atom. The highest BCUT2D eigenvalue weighted by atomic mass is 35.5. The van der Waals surface area contributed by atoms with Gasteiger partial charge in [-0.3, -0.25) is 4.79 Å². The van der Waals surface area contributed by atoms with Crippen LogP contribution in [0.1, 0.15) is 33.9 Å². The third kappa shape index (κ3) is 2.68. The molecule has 0 aromatic carbocycles. The summed E-state index contributed by atoms with van der Waals surface area (Å²) < 4.78 is 0. The van der Waals surface area contributed by atoms with E-state index in [0.717, 1.165) is 29.4 Å². The van der Waals surface area contributed by atoms with Crippen LogP contribution in [0.15, 0.2) is 6.20 Å². The van der Waals surface area contributed by atoms with Gasteiger partial charge >= 0.3 is 0 Å². The van der Waals surface area contributed by atoms with Crippen molar-refractivity contribution >= 4 is 29.7 Å². The molecule has 6 heteroatoms. The van der Waals surface area contributed by atoms with Gasteiger partial charge in [0, 0.05) is 25.2 Å². The first-order chi connectivity index (χ1) is 8.22. The molecular formula is C12H18ClN3OS. The second-order valence-electron chi connectivity index (χ2n) is 4.92. The number of carbonyl (C=O) groups is 1. The lowest BCUT2D eigenvalue weighted by atomic mass is 10.1. The van der Waals surface area contributed by atoms with Crippen LogP contribution in [0.25, 0.3) is 0 Å². The first-order valence-electron chi connectivity index (χ1n) is 6.20. The van der Waals surface area contributed by atoms with Gasteiger partial charge in [0.15, 0.2) is 0 Å². The molecule has 0 spiro atoms. The van der Waals surface area contributed by atoms with Gasteiger partial charge in [0.1, 0.15) is 4.88 Å². The maximum absolute atomic E-state index is 12.3. The molecule has 1 aromatic heterocycles. The zero-order valence-corrected chi connectivity index (χ0v) is 12.0. The summed E-state index contributed by atoms with van der Waals surface area (Å²) in [5.41, 5.74) is 0. The van der Waals surface area contributed by atoms with Crippen molar-refractivity contribution < 1.29 is 4.79 Å². The van der Waals surface area contributed by atoms with E-state index >= 15 is 0 Å². The van der Waals surface area contributed by atoms with Crippen molar-refractivity contribution in [2.75, 3.05) is 13.1 Å². The molecule has 2 saturated heterocycles. The molecule has 3 heterocycles. The fraction of sp³-hybridized carbons (Fsp3) is 0.667. The summed E-state index contributed by atoms with van der Waals surface area (Å²) in [6.07, 6.45) is 5.27. The van der Waals surface area contributed by atoms with Crippen molar-refractivity contribution in [3.63, 3.8) is 0 Å². The van der Waals surface area contributed by atoms with Crippen LogP contribution in [0.4, 0.5) is 0 Å². The van der Waals surface area contributed by atoms with E-state index in [9.17, 15) is 4.79 Å². The molecular weight excluding hydrogens is 270 g/mol. The number of amides is 1. The lowest BCUT2D eigenvalue weighted by Crippen LogP contribution is -2.38. The smallest absolute Gasteiger partial charge is 0.265 e. The third-order valence-corrected chi connectivity index (χ3v) is 4.54. The minimum absolute atomic E-state index is 0. The van der Waals surface area contributed by atoms with E-state index < -0.39 is 0 Å². The number of rotatable bonds is 1. The number of nitrogens with one attached hydrogen (secondary N) is 1. The summed E-state index contributed by atoms with van der Waals surface area (Å²) in [6.45, 7) is 3.67. The molecule has 2 bridgehead atoms. The van der Waals surface area contributed by atoms with Gasteiger partial charge < -0.3 is 10.2 Å². The van der Waals surface area contributed by atoms with Gasteiger partial charge in [0.25, 0.3) is 5.91 Å². The number of aromatic nitrogens is 1. The zero-order chi connectivity index (χ0) is 11.8. The molecule has 0 saturated carbocycles. The Morgan fingerprint density at radius 1 is 1.44 bits per heavy atom. The number of halogens is 1. The van der Waals surface area contributed by atoms with Crippen LogP contribution < -0.4 is 5.32 Å². The number of carbonyl (C=O) groups excluding carboxylic acids is 1. The van der Waals surface area contributed by atoms with Crippen molar-refractivity contribution in [3.05, 3.63) is 16.1 Å². The van der Waals surface area contributed by atoms with Gasteiger partial charge in [-0.1, -0.05) is 0 Å². The molecule has 100 valence electrons. The fourth-order valence-corrected chi connectivity index (χ4v) is 3.49. The quantitative estimate of drug-likeness (QED) is 0.857. The Hall–Kier alpha value is -0.650. The summed E-state index contributed by atoms with van der Waals surface area (Å²) in [6, 6.07) is 1.13. The second kappa shape index (κ2) is 5.55. The number of hydrogen-bond donors (Lipinski definition) is 1. The molecule has 0 aliphatic carbocycles. The van der Waals surface area contributed by atoms with Crippen molar-refractivity contribution in [1.82, 2.24) is 15.2 Å². The molecule has 0 radical (unpaired) electrons. The summed E-state index contributed by atoms with van der Waals surface area (Å²) in [4.78, 5) is 19.2. The standard InChI is InChI=1S/C12H17N3OS.ClH/c1-8-13-6-11(17-8)12(16)15-5-4-9-2-3-10(7-15)14-9;/h6,9-10,14H,2-5,7H2,1H3;1H. The van der Waals surface area contributed by atoms with Gasteiger partial charge in [0.05, 0.1) is 11.2 Å². The van der Waals surface area contributed by atoms with Crippen LogP contribution in [-0.4, -0.2) is 41.0 Å². The minimum atomic E-state index is 0. The van der Waals surface area contributed by atoms with Crippen molar-refractivity contribution in [2.24, 2.45) is 0 Å². The van der Waals surface area contributed by atoms with Gasteiger partial charge in [-0.05, 0) is 26.2 Å². The average molecular weight is 288 g/mol. The van der Waals surface area contributed by atoms with E-state index in [0.29, 0.717) is 12.1 Å². The highest BCUT2D eigenvalue weighted by Crippen LogP contribution is 2.22. The molecule has 2 aliphatic heterocycles. The molecule has 2 aliphatic rings. The van der Waals surface area contributed by atoms with E-state index in [-0.39, 0.29) is 18.3 Å². The predicted molar refractivity (Wildman–Crippen MR) is 74.6 cm³/mol. The molecule has 1 aromatic rings. The van der Waals surface area contributed by atoms with Crippen LogP contribution in [0.3, 0.4) is 0 Å². The second-order valence-corrected chi connectivity index (χ2v) is 6.16. The van der Waals surface area contributed by atoms with Gasteiger partial charge in [-0.2, -0.15) is 0 Å². The number of hydrogen-bond acceptors (Lipinski definition) is 4. The van der Waals surface area contributed by atoms with Gasteiger partial charge in [-0.15, -0.1) is 23.7 Å². The summed E-state index contributed by atoms with van der Waals surface area (Å²) in [7, 11) is 0. The van der Waals surface area contributed by atoms with Crippen molar-refractivity contribution in [3.8, 4) is 0 Å². The molecule has 18 heavy (non-hydrogen) atoms. The maximum atomic E-state index is 12.3. The van der Waals surface area contributed by atoms with Crippen molar-refractivity contribution in [1.29, 1.82) is 0 Å². The molecule has 1 N–H and O–H groups in total. The van der Waals surface area contributed by atoms with Crippen molar-refractivity contribution in [2.45, 2.75) is 38.3 Å². The Bertz CT molecular complexity index is 437. The van der Waals surface area contributed by atoms with Crippen LogP contribution in [0.5, 0.6) is 0 Å². The summed E-state index contributed by atoms with van der Waals surface area (Å²) in [5, 5.41) is 4.55. The number of likely N-dealkylation sites (tertiary alicyclic amines) is 1. The average Bonchev–Trinajstić information content (AvgIpc) is 2.84. The largest absolute Gasteiger partial charge is 0.336 e. The molecule has 3 rings (SSSR count). The first-order valence-corrected chi connectivity index (χ1v) is 7.02. The van der Waals surface area contributed by atoms with Crippen LogP contribution >= 0.6 is 23.7 Å². The summed E-state index contributed by atoms with van der Waals surface area (Å²) in [5.74, 6) is 0.157. The number of fused-ring (bicyclic) bond motifs is 2. The van der Waals surface area contributed by atoms with E-state index in [1.54, 1.807) is 6.20 Å². The highest BCUT2D eigenvalue weighted by Gasteiger charge is 2.31. The predicted octanol–water partition coefficient (Wildman–Crippen LogP) is 1.84. The third-order valence-electron chi connectivity index (χ3n) is 3.64. The highest BCUT2D eigenvalue weighted by molar-refractivity contribution is 7.13. The van der Waals surface area contributed by atoms with E-state index in [2.05, 4.69) is 10.3 Å². The summed E-state index contributed by atoms with van der Waals surface area (Å²) >= 11 is 1.49. The maximum Gasteiger partial charge on any atom is 0.265 e. The molecule has 1 amide bonds. The molecule has 2 fully saturated rings. The van der Waals surface area contributed by atoms with Gasteiger partial charge in [-0.25, -0.2) is 4.98 Å². The Kier molecular flexibility index (Phi) is 4.25. The Morgan fingerprint density at radius 3 is 2.94 bits per heavy atom. The zero-order valence-electron chi connectivity index (χ0n) is 10.4. The first kappa shape index (κ1) is 13.8. The van der Waals surface area contributed by atoms with Crippen LogP contribution in [0, 0.1) is 6.92 Å². The van der Waals surface area contributed by atoms with Gasteiger partial charge in [0.2, 0.25) is 0 Å². The number of nitrogens with zero attached hydrogens (tertiary/aromatic N) is 2. The van der Waals surface area contributed by atoms with Crippen LogP contribution in [0.2, 0.25) is 0 Å². The fourth-order valence-electron chi connectivity index (χ4n) is 2.74. The van der Waals surface area contributed by atoms with Crippen LogP contribution in [-0.2, 0) is 0 Å². The molecule has 2 atom stereocenters.